The number of nitrogens with one attached hydrogen (secondary N) is 1. The third kappa shape index (κ3) is 3.22. The molecule has 19 heavy (non-hydrogen) atoms. The van der Waals surface area contributed by atoms with Gasteiger partial charge < -0.3 is 4.90 Å². The molecule has 0 atom stereocenters. The van der Waals surface area contributed by atoms with Gasteiger partial charge in [0.25, 0.3) is 0 Å². The second kappa shape index (κ2) is 6.19. The van der Waals surface area contributed by atoms with Gasteiger partial charge in [-0.2, -0.15) is 5.26 Å². The second-order valence-electron chi connectivity index (χ2n) is 4.83. The third-order valence-electron chi connectivity index (χ3n) is 3.67. The molecule has 1 saturated heterocycles. The molecule has 1 N–H and O–H groups in total. The summed E-state index contributed by atoms with van der Waals surface area (Å²) in [5, 5.41) is 11.0. The molecule has 1 aromatic heterocycles. The van der Waals surface area contributed by atoms with Gasteiger partial charge in [0.1, 0.15) is 0 Å². The molecule has 0 amide bonds. The van der Waals surface area contributed by atoms with Crippen LogP contribution in [0.4, 0.5) is 5.95 Å². The van der Waals surface area contributed by atoms with Crippen LogP contribution in [-0.2, 0) is 0 Å². The number of rotatable bonds is 4. The van der Waals surface area contributed by atoms with Crippen LogP contribution in [0.1, 0.15) is 31.7 Å². The van der Waals surface area contributed by atoms with E-state index in [1.165, 1.54) is 19.3 Å². The lowest BCUT2D eigenvalue weighted by molar-refractivity contribution is 0.392. The molecule has 5 nitrogen and oxygen atoms in total. The minimum absolute atomic E-state index is 0.527. The van der Waals surface area contributed by atoms with Crippen molar-refractivity contribution < 1.29 is 0 Å². The molecule has 0 aliphatic carbocycles. The maximum atomic E-state index is 8.53. The number of hydrogen-bond acceptors (Lipinski definition) is 5. The smallest absolute Gasteiger partial charge is 0.225 e. The van der Waals surface area contributed by atoms with E-state index in [-0.39, 0.29) is 0 Å². The number of nitriles is 1. The van der Waals surface area contributed by atoms with Gasteiger partial charge in [-0.3, -0.25) is 5.32 Å². The fourth-order valence-corrected chi connectivity index (χ4v) is 2.32. The number of anilines is 1. The van der Waals surface area contributed by atoms with E-state index in [2.05, 4.69) is 33.7 Å². The van der Waals surface area contributed by atoms with Gasteiger partial charge in [0.05, 0.1) is 5.70 Å². The summed E-state index contributed by atoms with van der Waals surface area (Å²) in [5.74, 6) is 1.61. The molecule has 1 aliphatic heterocycles. The zero-order valence-corrected chi connectivity index (χ0v) is 11.3. The maximum Gasteiger partial charge on any atom is 0.225 e. The summed E-state index contributed by atoms with van der Waals surface area (Å²) in [7, 11) is 0. The Balaban J connectivity index is 1.99. The first-order valence-corrected chi connectivity index (χ1v) is 6.66. The van der Waals surface area contributed by atoms with Crippen molar-refractivity contribution in [2.24, 2.45) is 5.92 Å². The predicted molar refractivity (Wildman–Crippen MR) is 75.0 cm³/mol. The van der Waals surface area contributed by atoms with Crippen molar-refractivity contribution in [3.63, 3.8) is 0 Å². The SMILES string of the molecule is C=C(NC#N)c1cnc(N2CCC(CC)CC2)nc1. The molecule has 0 unspecified atom stereocenters. The Hall–Kier alpha value is -2.09. The Bertz CT molecular complexity index is 466. The van der Waals surface area contributed by atoms with E-state index in [1.54, 1.807) is 12.4 Å². The van der Waals surface area contributed by atoms with Gasteiger partial charge >= 0.3 is 0 Å². The van der Waals surface area contributed by atoms with Gasteiger partial charge in [0, 0.05) is 31.0 Å². The van der Waals surface area contributed by atoms with Gasteiger partial charge in [0.15, 0.2) is 6.19 Å². The highest BCUT2D eigenvalue weighted by molar-refractivity contribution is 5.61. The maximum absolute atomic E-state index is 8.53. The van der Waals surface area contributed by atoms with E-state index in [0.29, 0.717) is 5.70 Å². The van der Waals surface area contributed by atoms with E-state index in [1.807, 2.05) is 6.19 Å². The van der Waals surface area contributed by atoms with E-state index < -0.39 is 0 Å². The van der Waals surface area contributed by atoms with Crippen LogP contribution in [0, 0.1) is 17.4 Å². The highest BCUT2D eigenvalue weighted by atomic mass is 15.2. The first-order chi connectivity index (χ1) is 9.24. The lowest BCUT2D eigenvalue weighted by Crippen LogP contribution is -2.34. The van der Waals surface area contributed by atoms with Gasteiger partial charge in [-0.25, -0.2) is 9.97 Å². The molecule has 1 fully saturated rings. The minimum atomic E-state index is 0.527. The Kier molecular flexibility index (Phi) is 4.35. The van der Waals surface area contributed by atoms with E-state index in [0.717, 1.165) is 30.5 Å². The summed E-state index contributed by atoms with van der Waals surface area (Å²) < 4.78 is 0. The molecule has 1 aromatic rings. The van der Waals surface area contributed by atoms with Crippen LogP contribution in [-0.4, -0.2) is 23.1 Å². The molecular weight excluding hydrogens is 238 g/mol. The highest BCUT2D eigenvalue weighted by Gasteiger charge is 2.19. The monoisotopic (exact) mass is 257 g/mol. The van der Waals surface area contributed by atoms with Crippen LogP contribution in [0.2, 0.25) is 0 Å². The molecule has 2 heterocycles. The highest BCUT2D eigenvalue weighted by Crippen LogP contribution is 2.22. The number of piperidine rings is 1. The quantitative estimate of drug-likeness (QED) is 0.661. The normalized spacial score (nSPS) is 15.9. The number of aromatic nitrogens is 2. The molecule has 0 bridgehead atoms. The molecule has 0 aromatic carbocycles. The summed E-state index contributed by atoms with van der Waals surface area (Å²) in [5.41, 5.74) is 1.27. The Labute approximate surface area is 114 Å². The average molecular weight is 257 g/mol. The van der Waals surface area contributed by atoms with E-state index in [9.17, 15) is 0 Å². The van der Waals surface area contributed by atoms with Gasteiger partial charge in [-0.1, -0.05) is 19.9 Å². The molecule has 100 valence electrons. The Morgan fingerprint density at radius 2 is 2.11 bits per heavy atom. The predicted octanol–water partition coefficient (Wildman–Crippen LogP) is 2.14. The first kappa shape index (κ1) is 13.3. The average Bonchev–Trinajstić information content (AvgIpc) is 2.48. The third-order valence-corrected chi connectivity index (χ3v) is 3.67. The van der Waals surface area contributed by atoms with Crippen LogP contribution in [0.3, 0.4) is 0 Å². The zero-order valence-electron chi connectivity index (χ0n) is 11.3. The van der Waals surface area contributed by atoms with Gasteiger partial charge in [0.2, 0.25) is 5.95 Å². The summed E-state index contributed by atoms with van der Waals surface area (Å²) >= 11 is 0. The molecule has 2 rings (SSSR count). The van der Waals surface area contributed by atoms with Crippen molar-refractivity contribution in [2.75, 3.05) is 18.0 Å². The van der Waals surface area contributed by atoms with Gasteiger partial charge in [-0.15, -0.1) is 0 Å². The molecule has 5 heteroatoms. The van der Waals surface area contributed by atoms with Crippen molar-refractivity contribution in [2.45, 2.75) is 26.2 Å². The van der Waals surface area contributed by atoms with Crippen LogP contribution < -0.4 is 10.2 Å². The fourth-order valence-electron chi connectivity index (χ4n) is 2.32. The van der Waals surface area contributed by atoms with E-state index >= 15 is 0 Å². The summed E-state index contributed by atoms with van der Waals surface area (Å²) in [6, 6.07) is 0. The van der Waals surface area contributed by atoms with Crippen molar-refractivity contribution in [3.05, 3.63) is 24.5 Å². The zero-order chi connectivity index (χ0) is 13.7. The molecule has 0 spiro atoms. The lowest BCUT2D eigenvalue weighted by Gasteiger charge is -2.31. The van der Waals surface area contributed by atoms with Crippen molar-refractivity contribution >= 4 is 11.6 Å². The van der Waals surface area contributed by atoms with Crippen LogP contribution in [0.25, 0.3) is 5.70 Å². The van der Waals surface area contributed by atoms with Crippen LogP contribution in [0.5, 0.6) is 0 Å². The summed E-state index contributed by atoms with van der Waals surface area (Å²) in [6.45, 7) is 8.05. The molecule has 0 radical (unpaired) electrons. The fraction of sp³-hybridized carbons (Fsp3) is 0.500. The summed E-state index contributed by atoms with van der Waals surface area (Å²) in [4.78, 5) is 10.9. The summed E-state index contributed by atoms with van der Waals surface area (Å²) in [6.07, 6.45) is 8.94. The van der Waals surface area contributed by atoms with E-state index in [4.69, 9.17) is 5.26 Å². The minimum Gasteiger partial charge on any atom is -0.341 e. The lowest BCUT2D eigenvalue weighted by atomic mass is 9.95. The topological polar surface area (TPSA) is 64.8 Å². The molecule has 1 aliphatic rings. The van der Waals surface area contributed by atoms with Crippen LogP contribution >= 0.6 is 0 Å². The molecular formula is C14H19N5. The first-order valence-electron chi connectivity index (χ1n) is 6.66. The number of nitrogens with zero attached hydrogens (tertiary/aromatic N) is 4. The van der Waals surface area contributed by atoms with Crippen molar-refractivity contribution in [1.29, 1.82) is 5.26 Å². The second-order valence-corrected chi connectivity index (χ2v) is 4.83. The standard InChI is InChI=1S/C14H19N5/c1-3-12-4-6-19(7-5-12)14-16-8-13(9-17-14)11(2)18-10-15/h8-9,12,18H,2-7H2,1H3. The van der Waals surface area contributed by atoms with Gasteiger partial charge in [-0.05, 0) is 18.8 Å². The van der Waals surface area contributed by atoms with Crippen molar-refractivity contribution in [3.8, 4) is 6.19 Å². The Morgan fingerprint density at radius 1 is 1.47 bits per heavy atom. The largest absolute Gasteiger partial charge is 0.341 e. The molecule has 0 saturated carbocycles. The number of hydrogen-bond donors (Lipinski definition) is 1. The van der Waals surface area contributed by atoms with Crippen molar-refractivity contribution in [1.82, 2.24) is 15.3 Å². The van der Waals surface area contributed by atoms with Crippen LogP contribution in [0.15, 0.2) is 19.0 Å². The Morgan fingerprint density at radius 3 is 2.63 bits per heavy atom.